The number of Topliss-reactive ketones (excluding diaryl/α,β-unsaturated/α-hetero) is 1. The summed E-state index contributed by atoms with van der Waals surface area (Å²) in [6.45, 7) is 5.81. The van der Waals surface area contributed by atoms with Crippen molar-refractivity contribution in [2.75, 3.05) is 38.6 Å². The Labute approximate surface area is 115 Å². The van der Waals surface area contributed by atoms with Gasteiger partial charge in [-0.25, -0.2) is 4.39 Å². The number of para-hydroxylation sites is 1. The van der Waals surface area contributed by atoms with Crippen molar-refractivity contribution in [3.63, 3.8) is 0 Å². The second kappa shape index (κ2) is 7.24. The van der Waals surface area contributed by atoms with E-state index in [2.05, 4.69) is 11.8 Å². The van der Waals surface area contributed by atoms with Crippen molar-refractivity contribution >= 4 is 11.5 Å². The number of hydrogen-bond acceptors (Lipinski definition) is 3. The normalized spacial score (nSPS) is 10.8. The third-order valence-corrected chi connectivity index (χ3v) is 2.99. The Hall–Kier alpha value is -1.42. The summed E-state index contributed by atoms with van der Waals surface area (Å²) in [6, 6.07) is 4.70. The van der Waals surface area contributed by atoms with Crippen molar-refractivity contribution in [2.45, 2.75) is 20.3 Å². The van der Waals surface area contributed by atoms with Gasteiger partial charge in [-0.2, -0.15) is 0 Å². The lowest BCUT2D eigenvalue weighted by Gasteiger charge is -2.28. The fraction of sp³-hybridized carbons (Fsp3) is 0.533. The quantitative estimate of drug-likeness (QED) is 0.709. The van der Waals surface area contributed by atoms with Gasteiger partial charge in [-0.15, -0.1) is 0 Å². The molecule has 1 aromatic rings. The van der Waals surface area contributed by atoms with Gasteiger partial charge in [-0.3, -0.25) is 4.79 Å². The van der Waals surface area contributed by atoms with Crippen LogP contribution in [0.1, 0.15) is 30.6 Å². The van der Waals surface area contributed by atoms with Gasteiger partial charge in [0.05, 0.1) is 5.69 Å². The van der Waals surface area contributed by atoms with E-state index in [1.807, 2.05) is 19.0 Å². The van der Waals surface area contributed by atoms with Gasteiger partial charge < -0.3 is 9.80 Å². The fourth-order valence-corrected chi connectivity index (χ4v) is 2.05. The minimum Gasteiger partial charge on any atom is -0.367 e. The number of carbonyl (C=O) groups is 1. The first kappa shape index (κ1) is 15.6. The fourth-order valence-electron chi connectivity index (χ4n) is 2.05. The molecule has 0 radical (unpaired) electrons. The molecule has 0 heterocycles. The molecule has 19 heavy (non-hydrogen) atoms. The standard InChI is InChI=1S/C15H23FN2O/c1-5-9-18(11-10-17(3)4)15-13(12(2)19)7-6-8-14(15)16/h6-8H,5,9-11H2,1-4H3. The predicted molar refractivity (Wildman–Crippen MR) is 77.5 cm³/mol. The summed E-state index contributed by atoms with van der Waals surface area (Å²) >= 11 is 0. The number of carbonyl (C=O) groups excluding carboxylic acids is 1. The molecule has 0 N–H and O–H groups in total. The Morgan fingerprint density at radius 3 is 2.42 bits per heavy atom. The second-order valence-corrected chi connectivity index (χ2v) is 4.98. The van der Waals surface area contributed by atoms with Crippen LogP contribution in [0.4, 0.5) is 10.1 Å². The van der Waals surface area contributed by atoms with Gasteiger partial charge in [-0.1, -0.05) is 13.0 Å². The van der Waals surface area contributed by atoms with Crippen LogP contribution in [0.25, 0.3) is 0 Å². The minimum absolute atomic E-state index is 0.0968. The van der Waals surface area contributed by atoms with E-state index in [0.29, 0.717) is 17.8 Å². The number of anilines is 1. The summed E-state index contributed by atoms with van der Waals surface area (Å²) in [5.41, 5.74) is 0.908. The molecule has 0 fully saturated rings. The van der Waals surface area contributed by atoms with Crippen LogP contribution in [-0.4, -0.2) is 44.4 Å². The van der Waals surface area contributed by atoms with E-state index in [1.54, 1.807) is 12.1 Å². The van der Waals surface area contributed by atoms with Gasteiger partial charge in [0.25, 0.3) is 0 Å². The lowest BCUT2D eigenvalue weighted by molar-refractivity contribution is 0.101. The number of benzene rings is 1. The van der Waals surface area contributed by atoms with Crippen LogP contribution in [-0.2, 0) is 0 Å². The Morgan fingerprint density at radius 2 is 1.89 bits per heavy atom. The molecule has 4 heteroatoms. The van der Waals surface area contributed by atoms with E-state index >= 15 is 0 Å². The molecule has 1 aromatic carbocycles. The average molecular weight is 266 g/mol. The second-order valence-electron chi connectivity index (χ2n) is 4.98. The summed E-state index contributed by atoms with van der Waals surface area (Å²) in [5, 5.41) is 0. The first-order chi connectivity index (χ1) is 8.97. The monoisotopic (exact) mass is 266 g/mol. The summed E-state index contributed by atoms with van der Waals surface area (Å²) in [5.74, 6) is -0.416. The number of likely N-dealkylation sites (N-methyl/N-ethyl adjacent to an activating group) is 1. The maximum atomic E-state index is 14.1. The van der Waals surface area contributed by atoms with Crippen LogP contribution in [0.2, 0.25) is 0 Å². The summed E-state index contributed by atoms with van der Waals surface area (Å²) < 4.78 is 14.1. The first-order valence-corrected chi connectivity index (χ1v) is 6.66. The van der Waals surface area contributed by atoms with E-state index < -0.39 is 0 Å². The molecule has 0 spiro atoms. The Bertz CT molecular complexity index is 432. The highest BCUT2D eigenvalue weighted by Crippen LogP contribution is 2.25. The van der Waals surface area contributed by atoms with Crippen LogP contribution in [0, 0.1) is 5.82 Å². The largest absolute Gasteiger partial charge is 0.367 e. The van der Waals surface area contributed by atoms with E-state index in [0.717, 1.165) is 19.5 Å². The topological polar surface area (TPSA) is 23.6 Å². The SMILES string of the molecule is CCCN(CCN(C)C)c1c(F)cccc1C(C)=O. The smallest absolute Gasteiger partial charge is 0.161 e. The zero-order chi connectivity index (χ0) is 14.4. The van der Waals surface area contributed by atoms with Crippen molar-refractivity contribution in [2.24, 2.45) is 0 Å². The Morgan fingerprint density at radius 1 is 1.21 bits per heavy atom. The first-order valence-electron chi connectivity index (χ1n) is 6.66. The van der Waals surface area contributed by atoms with Gasteiger partial charge in [-0.05, 0) is 39.6 Å². The zero-order valence-corrected chi connectivity index (χ0v) is 12.2. The van der Waals surface area contributed by atoms with Crippen LogP contribution in [0.3, 0.4) is 0 Å². The molecule has 0 amide bonds. The molecule has 0 aromatic heterocycles. The van der Waals surface area contributed by atoms with Crippen molar-refractivity contribution in [1.29, 1.82) is 0 Å². The van der Waals surface area contributed by atoms with E-state index in [9.17, 15) is 9.18 Å². The molecule has 0 aliphatic rings. The van der Waals surface area contributed by atoms with Crippen molar-refractivity contribution < 1.29 is 9.18 Å². The highest BCUT2D eigenvalue weighted by atomic mass is 19.1. The number of rotatable bonds is 7. The van der Waals surface area contributed by atoms with Crippen molar-refractivity contribution in [3.8, 4) is 0 Å². The molecule has 0 bridgehead atoms. The Balaban J connectivity index is 3.09. The summed E-state index contributed by atoms with van der Waals surface area (Å²) in [7, 11) is 3.97. The van der Waals surface area contributed by atoms with Crippen LogP contribution in [0.15, 0.2) is 18.2 Å². The molecule has 0 atom stereocenters. The molecule has 0 aliphatic carbocycles. The third kappa shape index (κ3) is 4.31. The van der Waals surface area contributed by atoms with Gasteiger partial charge in [0.2, 0.25) is 0 Å². The molecule has 0 saturated heterocycles. The van der Waals surface area contributed by atoms with Crippen molar-refractivity contribution in [1.82, 2.24) is 4.90 Å². The van der Waals surface area contributed by atoms with E-state index in [4.69, 9.17) is 0 Å². The maximum absolute atomic E-state index is 14.1. The van der Waals surface area contributed by atoms with Crippen LogP contribution >= 0.6 is 0 Å². The number of hydrogen-bond donors (Lipinski definition) is 0. The highest BCUT2D eigenvalue weighted by molar-refractivity contribution is 5.99. The lowest BCUT2D eigenvalue weighted by Crippen LogP contribution is -2.34. The van der Waals surface area contributed by atoms with Crippen LogP contribution in [0.5, 0.6) is 0 Å². The predicted octanol–water partition coefficient (Wildman–Crippen LogP) is 2.81. The van der Waals surface area contributed by atoms with Gasteiger partial charge >= 0.3 is 0 Å². The summed E-state index contributed by atoms with van der Waals surface area (Å²) in [4.78, 5) is 15.7. The number of ketones is 1. The molecular formula is C15H23FN2O. The van der Waals surface area contributed by atoms with Gasteiger partial charge in [0.1, 0.15) is 5.82 Å². The van der Waals surface area contributed by atoms with Crippen LogP contribution < -0.4 is 4.90 Å². The van der Waals surface area contributed by atoms with E-state index in [-0.39, 0.29) is 11.6 Å². The molecule has 0 unspecified atom stereocenters. The molecule has 0 saturated carbocycles. The average Bonchev–Trinajstić information content (AvgIpc) is 2.34. The lowest BCUT2D eigenvalue weighted by atomic mass is 10.1. The number of halogens is 1. The molecule has 106 valence electrons. The molecule has 1 rings (SSSR count). The van der Waals surface area contributed by atoms with Crippen molar-refractivity contribution in [3.05, 3.63) is 29.6 Å². The Kier molecular flexibility index (Phi) is 5.96. The highest BCUT2D eigenvalue weighted by Gasteiger charge is 2.18. The van der Waals surface area contributed by atoms with Gasteiger partial charge in [0.15, 0.2) is 5.78 Å². The molecule has 0 aliphatic heterocycles. The maximum Gasteiger partial charge on any atom is 0.161 e. The minimum atomic E-state index is -0.320. The molecule has 3 nitrogen and oxygen atoms in total. The zero-order valence-electron chi connectivity index (χ0n) is 12.2. The third-order valence-electron chi connectivity index (χ3n) is 2.99. The number of nitrogens with zero attached hydrogens (tertiary/aromatic N) is 2. The molecular weight excluding hydrogens is 243 g/mol. The summed E-state index contributed by atoms with van der Waals surface area (Å²) in [6.07, 6.45) is 0.916. The van der Waals surface area contributed by atoms with E-state index in [1.165, 1.54) is 13.0 Å². The van der Waals surface area contributed by atoms with Gasteiger partial charge in [0, 0.05) is 25.2 Å².